The fourth-order valence-corrected chi connectivity index (χ4v) is 1.02. The zero-order valence-corrected chi connectivity index (χ0v) is 8.94. The molecule has 0 saturated heterocycles. The first kappa shape index (κ1) is 13.0. The minimum absolute atomic E-state index is 0.0779. The Morgan fingerprint density at radius 3 is 2.78 bits per heavy atom. The minimum atomic E-state index is -0.867. The van der Waals surface area contributed by atoms with Crippen LogP contribution in [-0.2, 0) is 0 Å². The maximum atomic E-state index is 10.5. The molecule has 10 heteroatoms. The van der Waals surface area contributed by atoms with Crippen molar-refractivity contribution in [2.24, 2.45) is 10.8 Å². The summed E-state index contributed by atoms with van der Waals surface area (Å²) >= 11 is 0. The zero-order chi connectivity index (χ0) is 13.5. The summed E-state index contributed by atoms with van der Waals surface area (Å²) in [5.74, 6) is -0.443. The number of nitrogens with two attached hydrogens (primary N) is 1. The number of nitrogens with one attached hydrogen (secondary N) is 2. The van der Waals surface area contributed by atoms with Crippen molar-refractivity contribution in [3.63, 3.8) is 0 Å². The first-order chi connectivity index (χ1) is 8.49. The molecule has 0 aliphatic rings. The van der Waals surface area contributed by atoms with Crippen molar-refractivity contribution in [2.75, 3.05) is 0 Å². The Balaban J connectivity index is 2.75. The molecule has 1 aromatic carbocycles. The fourth-order valence-electron chi connectivity index (χ4n) is 1.02. The highest BCUT2D eigenvalue weighted by Crippen LogP contribution is 2.10. The summed E-state index contributed by atoms with van der Waals surface area (Å²) in [4.78, 5) is 19.9. The summed E-state index contributed by atoms with van der Waals surface area (Å²) in [7, 11) is 0. The maximum absolute atomic E-state index is 10.5. The normalized spacial score (nSPS) is 11.4. The zero-order valence-electron chi connectivity index (χ0n) is 8.94. The molecule has 0 amide bonds. The van der Waals surface area contributed by atoms with Gasteiger partial charge in [-0.05, 0) is 6.07 Å². The van der Waals surface area contributed by atoms with Crippen molar-refractivity contribution in [2.45, 2.75) is 0 Å². The Kier molecular flexibility index (Phi) is 4.26. The summed E-state index contributed by atoms with van der Waals surface area (Å²) in [6.45, 7) is 0. The molecule has 0 radical (unpaired) electrons. The Morgan fingerprint density at radius 2 is 2.17 bits per heavy atom. The highest BCUT2D eigenvalue weighted by atomic mass is 16.7. The Hall–Kier alpha value is -3.04. The standard InChI is InChI=1S/C8H8N6O4/c9-8(12-14(17)18)11-10-5-6-2-1-3-7(4-6)13(15)16/h1-5H,(H3,9,11,12)/p+1/b10-5+. The quantitative estimate of drug-likeness (QED) is 0.247. The third kappa shape index (κ3) is 4.22. The summed E-state index contributed by atoms with van der Waals surface area (Å²) in [5, 5.41) is 25.3. The number of nitro groups is 2. The van der Waals surface area contributed by atoms with Gasteiger partial charge in [-0.15, -0.1) is 5.10 Å². The van der Waals surface area contributed by atoms with E-state index < -0.39 is 15.9 Å². The largest absolute Gasteiger partial charge is 0.360 e. The molecule has 0 aromatic heterocycles. The van der Waals surface area contributed by atoms with E-state index in [0.29, 0.717) is 5.56 Å². The van der Waals surface area contributed by atoms with E-state index >= 15 is 0 Å². The smallest absolute Gasteiger partial charge is 0.319 e. The second-order valence-corrected chi connectivity index (χ2v) is 2.99. The van der Waals surface area contributed by atoms with Crippen molar-refractivity contribution >= 4 is 17.9 Å². The van der Waals surface area contributed by atoms with Crippen LogP contribution in [0.1, 0.15) is 5.56 Å². The first-order valence-corrected chi connectivity index (χ1v) is 4.56. The maximum Gasteiger partial charge on any atom is 0.319 e. The molecule has 0 aliphatic heterocycles. The van der Waals surface area contributed by atoms with Gasteiger partial charge in [-0.3, -0.25) is 10.1 Å². The molecule has 94 valence electrons. The molecule has 0 unspecified atom stereocenters. The van der Waals surface area contributed by atoms with Crippen molar-refractivity contribution < 1.29 is 15.1 Å². The highest BCUT2D eigenvalue weighted by molar-refractivity contribution is 5.78. The Labute approximate surface area is 100 Å². The van der Waals surface area contributed by atoms with Crippen LogP contribution < -0.4 is 16.3 Å². The number of nitrogens with zero attached hydrogens (tertiary/aromatic N) is 3. The van der Waals surface area contributed by atoms with Crippen molar-refractivity contribution in [3.05, 3.63) is 50.1 Å². The van der Waals surface area contributed by atoms with Crippen LogP contribution in [0.15, 0.2) is 29.4 Å². The third-order valence-electron chi connectivity index (χ3n) is 1.70. The van der Waals surface area contributed by atoms with E-state index in [1.165, 1.54) is 24.4 Å². The lowest BCUT2D eigenvalue weighted by atomic mass is 10.2. The third-order valence-corrected chi connectivity index (χ3v) is 1.70. The van der Waals surface area contributed by atoms with Gasteiger partial charge in [0.2, 0.25) is 6.21 Å². The number of guanidine groups is 1. The van der Waals surface area contributed by atoms with Gasteiger partial charge in [-0.1, -0.05) is 11.5 Å². The molecule has 0 aliphatic carbocycles. The van der Waals surface area contributed by atoms with Gasteiger partial charge in [0.1, 0.15) is 0 Å². The minimum Gasteiger partial charge on any atom is -0.360 e. The molecule has 10 nitrogen and oxygen atoms in total. The lowest BCUT2D eigenvalue weighted by molar-refractivity contribution is -0.528. The summed E-state index contributed by atoms with van der Waals surface area (Å²) < 4.78 is 0. The van der Waals surface area contributed by atoms with Gasteiger partial charge in [-0.2, -0.15) is 0 Å². The number of rotatable bonds is 4. The van der Waals surface area contributed by atoms with E-state index in [9.17, 15) is 20.2 Å². The summed E-state index contributed by atoms with van der Waals surface area (Å²) in [5.41, 5.74) is 7.14. The predicted molar refractivity (Wildman–Crippen MR) is 61.0 cm³/mol. The van der Waals surface area contributed by atoms with E-state index in [4.69, 9.17) is 5.73 Å². The van der Waals surface area contributed by atoms with Crippen LogP contribution in [0.2, 0.25) is 0 Å². The van der Waals surface area contributed by atoms with E-state index in [0.717, 1.165) is 0 Å². The van der Waals surface area contributed by atoms with Crippen LogP contribution in [0, 0.1) is 20.2 Å². The molecule has 0 saturated carbocycles. The van der Waals surface area contributed by atoms with Crippen molar-refractivity contribution in [1.29, 1.82) is 0 Å². The van der Waals surface area contributed by atoms with Crippen LogP contribution in [0.5, 0.6) is 0 Å². The Bertz CT molecular complexity index is 526. The van der Waals surface area contributed by atoms with Crippen LogP contribution in [0.4, 0.5) is 5.69 Å². The second kappa shape index (κ2) is 5.89. The first-order valence-electron chi connectivity index (χ1n) is 4.56. The number of non-ortho nitro benzene ring substituents is 1. The van der Waals surface area contributed by atoms with Crippen molar-refractivity contribution in [1.82, 2.24) is 5.43 Å². The molecule has 0 heterocycles. The Morgan fingerprint density at radius 1 is 1.44 bits per heavy atom. The number of hydrogen-bond donors (Lipinski definition) is 3. The lowest BCUT2D eigenvalue weighted by Crippen LogP contribution is -2.64. The topological polar surface area (TPSA) is 151 Å². The number of benzene rings is 1. The van der Waals surface area contributed by atoms with E-state index in [-0.39, 0.29) is 5.69 Å². The molecule has 0 fully saturated rings. The van der Waals surface area contributed by atoms with Crippen LogP contribution in [0.25, 0.3) is 0 Å². The van der Waals surface area contributed by atoms with Crippen LogP contribution in [0.3, 0.4) is 0 Å². The van der Waals surface area contributed by atoms with Gasteiger partial charge in [0, 0.05) is 22.8 Å². The van der Waals surface area contributed by atoms with Gasteiger partial charge in [0.05, 0.1) is 4.92 Å². The van der Waals surface area contributed by atoms with Gasteiger partial charge in [0.25, 0.3) is 5.69 Å². The van der Waals surface area contributed by atoms with E-state index in [1.54, 1.807) is 11.5 Å². The summed E-state index contributed by atoms with van der Waals surface area (Å²) in [6.07, 6.45) is 1.31. The molecule has 0 spiro atoms. The van der Waals surface area contributed by atoms with Gasteiger partial charge < -0.3 is 5.73 Å². The number of nitro benzene ring substituents is 1. The number of hydrogen-bond acceptors (Lipinski definition) is 5. The summed E-state index contributed by atoms with van der Waals surface area (Å²) in [6, 6.07) is 5.73. The molecular formula is C8H9N6O4+. The molecule has 18 heavy (non-hydrogen) atoms. The van der Waals surface area contributed by atoms with Crippen molar-refractivity contribution in [3.8, 4) is 0 Å². The van der Waals surface area contributed by atoms with Crippen LogP contribution >= 0.6 is 0 Å². The predicted octanol–water partition coefficient (Wildman–Crippen LogP) is -1.89. The van der Waals surface area contributed by atoms with Gasteiger partial charge in [0.15, 0.2) is 5.03 Å². The molecule has 0 atom stereocenters. The highest BCUT2D eigenvalue weighted by Gasteiger charge is 2.05. The lowest BCUT2D eigenvalue weighted by Gasteiger charge is -1.90. The average Bonchev–Trinajstić information content (AvgIpc) is 2.28. The number of hydrazone groups is 1. The van der Waals surface area contributed by atoms with E-state index in [1.807, 2.05) is 0 Å². The van der Waals surface area contributed by atoms with Gasteiger partial charge >= 0.3 is 5.96 Å². The number of hydrazine groups is 1. The monoisotopic (exact) mass is 253 g/mol. The molecular weight excluding hydrogens is 244 g/mol. The SMILES string of the molecule is NC(=N/[NH+]=C/c1cccc([N+](=O)[O-])c1)N[N+](=O)[O-]. The molecule has 4 N–H and O–H groups in total. The van der Waals surface area contributed by atoms with E-state index in [2.05, 4.69) is 10.2 Å². The molecule has 0 bridgehead atoms. The second-order valence-electron chi connectivity index (χ2n) is 2.99. The molecule has 1 aromatic rings. The fraction of sp³-hybridized carbons (Fsp3) is 0. The average molecular weight is 253 g/mol. The van der Waals surface area contributed by atoms with Crippen LogP contribution in [-0.4, -0.2) is 22.1 Å². The molecule has 1 rings (SSSR count). The van der Waals surface area contributed by atoms with Gasteiger partial charge in [-0.25, -0.2) is 10.1 Å².